The van der Waals surface area contributed by atoms with E-state index in [4.69, 9.17) is 4.98 Å². The Morgan fingerprint density at radius 1 is 1.07 bits per heavy atom. The molecule has 2 aromatic carbocycles. The smallest absolute Gasteiger partial charge is 0.269 e. The molecule has 0 fully saturated rings. The Kier molecular flexibility index (Phi) is 4.54. The van der Waals surface area contributed by atoms with Crippen molar-refractivity contribution in [3.63, 3.8) is 0 Å². The van der Waals surface area contributed by atoms with E-state index >= 15 is 0 Å². The van der Waals surface area contributed by atoms with Gasteiger partial charge >= 0.3 is 0 Å². The van der Waals surface area contributed by atoms with E-state index in [0.717, 1.165) is 52.6 Å². The molecule has 0 spiro atoms. The Balaban J connectivity index is 1.85. The van der Waals surface area contributed by atoms with E-state index < -0.39 is 0 Å². The zero-order valence-electron chi connectivity index (χ0n) is 15.1. The molecule has 0 unspecified atom stereocenters. The molecule has 6 nitrogen and oxygen atoms in total. The molecule has 0 saturated carbocycles. The number of nitro benzene ring substituents is 1. The van der Waals surface area contributed by atoms with Crippen molar-refractivity contribution in [2.24, 2.45) is 0 Å². The van der Waals surface area contributed by atoms with Gasteiger partial charge in [-0.3, -0.25) is 15.1 Å². The number of hydrogen-bond acceptors (Lipinski definition) is 4. The van der Waals surface area contributed by atoms with Crippen molar-refractivity contribution in [2.45, 2.75) is 32.7 Å². The SMILES string of the molecule is CCCCc1nc2cnc3ccccc3c2n1Cc1ccc([N+](=O)[O-])cc1. The lowest BCUT2D eigenvalue weighted by molar-refractivity contribution is -0.384. The van der Waals surface area contributed by atoms with E-state index in [-0.39, 0.29) is 10.6 Å². The third-order valence-electron chi connectivity index (χ3n) is 4.80. The van der Waals surface area contributed by atoms with Crippen molar-refractivity contribution in [2.75, 3.05) is 0 Å². The number of benzene rings is 2. The molecule has 2 heterocycles. The van der Waals surface area contributed by atoms with E-state index in [1.54, 1.807) is 12.1 Å². The zero-order valence-corrected chi connectivity index (χ0v) is 15.1. The molecule has 6 heteroatoms. The molecule has 0 bridgehead atoms. The summed E-state index contributed by atoms with van der Waals surface area (Å²) in [5, 5.41) is 12.0. The Morgan fingerprint density at radius 2 is 1.85 bits per heavy atom. The summed E-state index contributed by atoms with van der Waals surface area (Å²) in [5.41, 5.74) is 4.03. The number of aromatic nitrogens is 3. The molecule has 0 radical (unpaired) electrons. The van der Waals surface area contributed by atoms with Crippen LogP contribution in [0.1, 0.15) is 31.2 Å². The van der Waals surface area contributed by atoms with Crippen LogP contribution in [0.2, 0.25) is 0 Å². The number of hydrogen-bond donors (Lipinski definition) is 0. The molecule has 0 N–H and O–H groups in total. The lowest BCUT2D eigenvalue weighted by Gasteiger charge is -2.10. The van der Waals surface area contributed by atoms with Gasteiger partial charge in [0, 0.05) is 30.5 Å². The Hall–Kier alpha value is -3.28. The fourth-order valence-corrected chi connectivity index (χ4v) is 3.41. The van der Waals surface area contributed by atoms with Gasteiger partial charge < -0.3 is 4.57 Å². The predicted molar refractivity (Wildman–Crippen MR) is 106 cm³/mol. The van der Waals surface area contributed by atoms with Gasteiger partial charge in [-0.2, -0.15) is 0 Å². The van der Waals surface area contributed by atoms with Crippen molar-refractivity contribution in [1.82, 2.24) is 14.5 Å². The summed E-state index contributed by atoms with van der Waals surface area (Å²) in [6.45, 7) is 2.79. The number of para-hydroxylation sites is 1. The van der Waals surface area contributed by atoms with E-state index in [1.807, 2.05) is 36.5 Å². The van der Waals surface area contributed by atoms with E-state index in [0.29, 0.717) is 6.54 Å². The van der Waals surface area contributed by atoms with Crippen molar-refractivity contribution in [3.05, 3.63) is 76.2 Å². The van der Waals surface area contributed by atoms with Crippen LogP contribution < -0.4 is 0 Å². The van der Waals surface area contributed by atoms with Gasteiger partial charge in [-0.15, -0.1) is 0 Å². The van der Waals surface area contributed by atoms with Crippen molar-refractivity contribution in [3.8, 4) is 0 Å². The topological polar surface area (TPSA) is 73.8 Å². The van der Waals surface area contributed by atoms with Crippen LogP contribution >= 0.6 is 0 Å². The number of rotatable bonds is 6. The summed E-state index contributed by atoms with van der Waals surface area (Å²) in [5.74, 6) is 1.03. The lowest BCUT2D eigenvalue weighted by atomic mass is 10.1. The third-order valence-corrected chi connectivity index (χ3v) is 4.80. The summed E-state index contributed by atoms with van der Waals surface area (Å²) >= 11 is 0. The standard InChI is InChI=1S/C21H20N4O2/c1-2-3-8-20-23-19-13-22-18-7-5-4-6-17(18)21(19)24(20)14-15-9-11-16(12-10-15)25(26)27/h4-7,9-13H,2-3,8,14H2,1H3. The molecule has 2 aromatic heterocycles. The molecule has 0 aliphatic rings. The van der Waals surface area contributed by atoms with Crippen molar-refractivity contribution in [1.29, 1.82) is 0 Å². The summed E-state index contributed by atoms with van der Waals surface area (Å²) in [6.07, 6.45) is 4.89. The Bertz CT molecular complexity index is 1120. The molecule has 0 aliphatic heterocycles. The fraction of sp³-hybridized carbons (Fsp3) is 0.238. The molecule has 136 valence electrons. The van der Waals surface area contributed by atoms with E-state index in [2.05, 4.69) is 22.5 Å². The number of fused-ring (bicyclic) bond motifs is 3. The van der Waals surface area contributed by atoms with Crippen LogP contribution in [-0.4, -0.2) is 19.5 Å². The first kappa shape index (κ1) is 17.1. The van der Waals surface area contributed by atoms with Gasteiger partial charge in [-0.25, -0.2) is 4.98 Å². The Labute approximate surface area is 156 Å². The first-order valence-corrected chi connectivity index (χ1v) is 9.13. The average Bonchev–Trinajstić information content (AvgIpc) is 3.04. The number of aryl methyl sites for hydroxylation is 1. The maximum atomic E-state index is 10.9. The first-order valence-electron chi connectivity index (χ1n) is 9.13. The average molecular weight is 360 g/mol. The number of nitro groups is 1. The summed E-state index contributed by atoms with van der Waals surface area (Å²) in [7, 11) is 0. The molecule has 0 aliphatic carbocycles. The highest BCUT2D eigenvalue weighted by Gasteiger charge is 2.15. The minimum atomic E-state index is -0.373. The molecule has 0 atom stereocenters. The second-order valence-electron chi connectivity index (χ2n) is 6.65. The monoisotopic (exact) mass is 360 g/mol. The highest BCUT2D eigenvalue weighted by molar-refractivity contribution is 6.02. The maximum absolute atomic E-state index is 10.9. The summed E-state index contributed by atoms with van der Waals surface area (Å²) in [6, 6.07) is 14.8. The second kappa shape index (κ2) is 7.15. The Morgan fingerprint density at radius 3 is 2.59 bits per heavy atom. The third kappa shape index (κ3) is 3.26. The van der Waals surface area contributed by atoms with Crippen molar-refractivity contribution >= 4 is 27.6 Å². The van der Waals surface area contributed by atoms with Gasteiger partial charge in [0.25, 0.3) is 5.69 Å². The largest absolute Gasteiger partial charge is 0.323 e. The molecule has 4 aromatic rings. The van der Waals surface area contributed by atoms with Crippen LogP contribution in [-0.2, 0) is 13.0 Å². The van der Waals surface area contributed by atoms with Crippen LogP contribution in [0, 0.1) is 10.1 Å². The molecule has 0 saturated heterocycles. The normalized spacial score (nSPS) is 11.3. The number of imidazole rings is 1. The molecule has 27 heavy (non-hydrogen) atoms. The van der Waals surface area contributed by atoms with Gasteiger partial charge in [0.15, 0.2) is 0 Å². The van der Waals surface area contributed by atoms with E-state index in [9.17, 15) is 10.1 Å². The molecular weight excluding hydrogens is 340 g/mol. The van der Waals surface area contributed by atoms with Crippen LogP contribution in [0.4, 0.5) is 5.69 Å². The first-order chi connectivity index (χ1) is 13.2. The molecular formula is C21H20N4O2. The summed E-state index contributed by atoms with van der Waals surface area (Å²) in [4.78, 5) is 19.9. The van der Waals surface area contributed by atoms with Crippen LogP contribution in [0.3, 0.4) is 0 Å². The number of pyridine rings is 1. The zero-order chi connectivity index (χ0) is 18.8. The van der Waals surface area contributed by atoms with Crippen LogP contribution in [0.5, 0.6) is 0 Å². The van der Waals surface area contributed by atoms with Gasteiger partial charge in [-0.05, 0) is 18.1 Å². The molecule has 4 rings (SSSR count). The molecule has 0 amide bonds. The van der Waals surface area contributed by atoms with Gasteiger partial charge in [0.2, 0.25) is 0 Å². The van der Waals surface area contributed by atoms with Gasteiger partial charge in [-0.1, -0.05) is 43.7 Å². The highest BCUT2D eigenvalue weighted by Crippen LogP contribution is 2.26. The fourth-order valence-electron chi connectivity index (χ4n) is 3.41. The quantitative estimate of drug-likeness (QED) is 0.363. The van der Waals surface area contributed by atoms with E-state index in [1.165, 1.54) is 0 Å². The maximum Gasteiger partial charge on any atom is 0.269 e. The van der Waals surface area contributed by atoms with Crippen LogP contribution in [0.15, 0.2) is 54.7 Å². The minimum Gasteiger partial charge on any atom is -0.323 e. The van der Waals surface area contributed by atoms with Crippen molar-refractivity contribution < 1.29 is 4.92 Å². The minimum absolute atomic E-state index is 0.107. The van der Waals surface area contributed by atoms with Gasteiger partial charge in [0.05, 0.1) is 22.2 Å². The lowest BCUT2D eigenvalue weighted by Crippen LogP contribution is -2.06. The second-order valence-corrected chi connectivity index (χ2v) is 6.65. The highest BCUT2D eigenvalue weighted by atomic mass is 16.6. The predicted octanol–water partition coefficient (Wildman–Crippen LogP) is 4.88. The number of nitrogens with zero attached hydrogens (tertiary/aromatic N) is 4. The summed E-state index contributed by atoms with van der Waals surface area (Å²) < 4.78 is 2.23. The van der Waals surface area contributed by atoms with Crippen LogP contribution in [0.25, 0.3) is 21.9 Å². The van der Waals surface area contributed by atoms with Gasteiger partial charge in [0.1, 0.15) is 11.3 Å². The number of non-ortho nitro benzene ring substituents is 1. The number of unbranched alkanes of at least 4 members (excludes halogenated alkanes) is 1.